The van der Waals surface area contributed by atoms with Crippen LogP contribution in [0.4, 0.5) is 8.78 Å². The molecule has 36 heavy (non-hydrogen) atoms. The van der Waals surface area contributed by atoms with Crippen molar-refractivity contribution in [3.63, 3.8) is 0 Å². The van der Waals surface area contributed by atoms with Crippen molar-refractivity contribution in [2.45, 2.75) is 32.8 Å². The molecule has 0 amide bonds. The molecule has 0 radical (unpaired) electrons. The van der Waals surface area contributed by atoms with Crippen molar-refractivity contribution in [3.8, 4) is 17.2 Å². The van der Waals surface area contributed by atoms with Crippen LogP contribution in [0.3, 0.4) is 0 Å². The molecule has 1 saturated heterocycles. The minimum absolute atomic E-state index is 0.0923. The lowest BCUT2D eigenvalue weighted by atomic mass is 9.86. The highest BCUT2D eigenvalue weighted by atomic mass is 19.1. The Morgan fingerprint density at radius 3 is 2.56 bits per heavy atom. The highest BCUT2D eigenvalue weighted by Gasteiger charge is 2.31. The summed E-state index contributed by atoms with van der Waals surface area (Å²) in [4.78, 5) is 2.45. The number of phenolic OH excluding ortho intramolecular Hbond substituents is 1. The van der Waals surface area contributed by atoms with E-state index in [1.165, 1.54) is 25.0 Å². The lowest BCUT2D eigenvalue weighted by molar-refractivity contribution is 0.232. The van der Waals surface area contributed by atoms with Crippen LogP contribution in [-0.2, 0) is 0 Å². The number of benzene rings is 3. The number of halogens is 2. The zero-order valence-electron chi connectivity index (χ0n) is 20.6. The second-order valence-electron chi connectivity index (χ2n) is 9.62. The molecule has 0 aliphatic carbocycles. The molecular formula is C30H31F2NO3. The Hall–Kier alpha value is -3.38. The zero-order chi connectivity index (χ0) is 25.2. The zero-order valence-corrected chi connectivity index (χ0v) is 20.6. The van der Waals surface area contributed by atoms with Gasteiger partial charge in [0.1, 0.15) is 41.6 Å². The Morgan fingerprint density at radius 2 is 1.83 bits per heavy atom. The van der Waals surface area contributed by atoms with Gasteiger partial charge in [-0.2, -0.15) is 0 Å². The number of aromatic hydroxyl groups is 1. The summed E-state index contributed by atoms with van der Waals surface area (Å²) >= 11 is 0. The van der Waals surface area contributed by atoms with Gasteiger partial charge in [-0.25, -0.2) is 8.78 Å². The fourth-order valence-corrected chi connectivity index (χ4v) is 5.21. The molecule has 0 saturated carbocycles. The highest BCUT2D eigenvalue weighted by Crippen LogP contribution is 2.48. The van der Waals surface area contributed by atoms with Crippen molar-refractivity contribution in [3.05, 3.63) is 89.0 Å². The maximum atomic E-state index is 14.9. The molecule has 3 aromatic carbocycles. The minimum atomic E-state index is -0.659. The smallest absolute Gasteiger partial charge is 0.150 e. The summed E-state index contributed by atoms with van der Waals surface area (Å²) in [5, 5.41) is 10.0. The molecule has 0 spiro atoms. The first-order valence-corrected chi connectivity index (χ1v) is 12.5. The molecule has 5 rings (SSSR count). The summed E-state index contributed by atoms with van der Waals surface area (Å²) in [6.45, 7) is 7.92. The quantitative estimate of drug-likeness (QED) is 0.393. The summed E-state index contributed by atoms with van der Waals surface area (Å²) in [5.74, 6) is 0.953. The van der Waals surface area contributed by atoms with Crippen LogP contribution >= 0.6 is 0 Å². The molecule has 2 aliphatic heterocycles. The van der Waals surface area contributed by atoms with Crippen molar-refractivity contribution in [1.29, 1.82) is 0 Å². The molecule has 1 N–H and O–H groups in total. The average Bonchev–Trinajstić information content (AvgIpc) is 3.33. The second-order valence-corrected chi connectivity index (χ2v) is 9.62. The number of nitrogens with zero attached hydrogens (tertiary/aromatic N) is 1. The first kappa shape index (κ1) is 24.3. The van der Waals surface area contributed by atoms with E-state index in [4.69, 9.17) is 9.47 Å². The van der Waals surface area contributed by atoms with Gasteiger partial charge in [0, 0.05) is 35.9 Å². The van der Waals surface area contributed by atoms with Gasteiger partial charge in [-0.15, -0.1) is 0 Å². The van der Waals surface area contributed by atoms with Crippen LogP contribution in [0.15, 0.2) is 60.7 Å². The third kappa shape index (κ3) is 4.96. The summed E-state index contributed by atoms with van der Waals surface area (Å²) in [6.07, 6.45) is 1.89. The van der Waals surface area contributed by atoms with Crippen LogP contribution in [0, 0.1) is 17.6 Å². The first-order chi connectivity index (χ1) is 17.4. The van der Waals surface area contributed by atoms with Gasteiger partial charge in [0.2, 0.25) is 0 Å². The topological polar surface area (TPSA) is 41.9 Å². The molecule has 1 fully saturated rings. The van der Waals surface area contributed by atoms with Gasteiger partial charge in [-0.05, 0) is 79.4 Å². The van der Waals surface area contributed by atoms with Crippen LogP contribution in [0.25, 0.3) is 11.1 Å². The van der Waals surface area contributed by atoms with Gasteiger partial charge < -0.3 is 14.6 Å². The Labute approximate surface area is 210 Å². The fourth-order valence-electron chi connectivity index (χ4n) is 5.21. The van der Waals surface area contributed by atoms with Gasteiger partial charge in [-0.1, -0.05) is 25.5 Å². The lowest BCUT2D eigenvalue weighted by Crippen LogP contribution is -2.26. The number of fused-ring (bicyclic) bond motifs is 1. The van der Waals surface area contributed by atoms with E-state index in [2.05, 4.69) is 11.8 Å². The molecule has 188 valence electrons. The Bertz CT molecular complexity index is 1270. The average molecular weight is 492 g/mol. The number of ether oxygens (including phenoxy) is 2. The molecule has 2 heterocycles. The van der Waals surface area contributed by atoms with Gasteiger partial charge in [0.05, 0.1) is 0 Å². The van der Waals surface area contributed by atoms with Crippen molar-refractivity contribution < 1.29 is 23.4 Å². The van der Waals surface area contributed by atoms with E-state index in [0.717, 1.165) is 48.5 Å². The molecule has 6 heteroatoms. The number of allylic oxidation sites excluding steroid dienone is 1. The Kier molecular flexibility index (Phi) is 6.97. The molecular weight excluding hydrogens is 460 g/mol. The first-order valence-electron chi connectivity index (χ1n) is 12.5. The van der Waals surface area contributed by atoms with Crippen LogP contribution in [-0.4, -0.2) is 36.2 Å². The normalized spacial score (nSPS) is 19.8. The van der Waals surface area contributed by atoms with Crippen LogP contribution in [0.5, 0.6) is 17.2 Å². The fraction of sp³-hybridized carbons (Fsp3) is 0.333. The van der Waals surface area contributed by atoms with Crippen LogP contribution < -0.4 is 9.47 Å². The van der Waals surface area contributed by atoms with Crippen molar-refractivity contribution in [2.75, 3.05) is 26.2 Å². The van der Waals surface area contributed by atoms with Gasteiger partial charge in [-0.3, -0.25) is 4.90 Å². The standard InChI is InChI=1S/C30H31F2NO3/c1-3-20-12-13-33(18-20)14-15-35-24-8-4-21(5-9-24)30-29(25-10-6-22(31)16-27(25)32)19(2)26-17-23(34)7-11-28(26)36-30/h4-11,16-17,20,30,34H,3,12-15,18H2,1-2H3/t20-,30?/m1/s1. The van der Waals surface area contributed by atoms with E-state index in [-0.39, 0.29) is 11.3 Å². The van der Waals surface area contributed by atoms with E-state index in [1.54, 1.807) is 18.2 Å². The largest absolute Gasteiger partial charge is 0.508 e. The molecule has 3 aromatic rings. The minimum Gasteiger partial charge on any atom is -0.508 e. The van der Waals surface area contributed by atoms with E-state index < -0.39 is 17.7 Å². The van der Waals surface area contributed by atoms with E-state index >= 15 is 0 Å². The highest BCUT2D eigenvalue weighted by molar-refractivity contribution is 5.95. The number of hydrogen-bond donors (Lipinski definition) is 1. The number of phenols is 1. The SMILES string of the molecule is CC[C@@H]1CCN(CCOc2ccc(C3Oc4ccc(O)cc4C(C)=C3c3ccc(F)cc3F)cc2)C1. The van der Waals surface area contributed by atoms with Crippen molar-refractivity contribution in [2.24, 2.45) is 5.92 Å². The third-order valence-electron chi connectivity index (χ3n) is 7.31. The Balaban J connectivity index is 1.39. The van der Waals surface area contributed by atoms with Crippen LogP contribution in [0.2, 0.25) is 0 Å². The van der Waals surface area contributed by atoms with E-state index in [1.807, 2.05) is 31.2 Å². The predicted octanol–water partition coefficient (Wildman–Crippen LogP) is 6.85. The molecule has 2 atom stereocenters. The molecule has 1 unspecified atom stereocenters. The van der Waals surface area contributed by atoms with Gasteiger partial charge >= 0.3 is 0 Å². The monoisotopic (exact) mass is 491 g/mol. The van der Waals surface area contributed by atoms with E-state index in [9.17, 15) is 13.9 Å². The predicted molar refractivity (Wildman–Crippen MR) is 137 cm³/mol. The van der Waals surface area contributed by atoms with E-state index in [0.29, 0.717) is 23.5 Å². The summed E-state index contributed by atoms with van der Waals surface area (Å²) in [7, 11) is 0. The molecule has 0 aromatic heterocycles. The van der Waals surface area contributed by atoms with Crippen molar-refractivity contribution in [1.82, 2.24) is 4.90 Å². The maximum absolute atomic E-state index is 14.9. The number of hydrogen-bond acceptors (Lipinski definition) is 4. The molecule has 0 bridgehead atoms. The lowest BCUT2D eigenvalue weighted by Gasteiger charge is -2.31. The number of rotatable bonds is 7. The van der Waals surface area contributed by atoms with Crippen LogP contribution in [0.1, 0.15) is 49.5 Å². The van der Waals surface area contributed by atoms with Gasteiger partial charge in [0.25, 0.3) is 0 Å². The summed E-state index contributed by atoms with van der Waals surface area (Å²) < 4.78 is 40.9. The maximum Gasteiger partial charge on any atom is 0.150 e. The third-order valence-corrected chi connectivity index (χ3v) is 7.31. The molecule has 2 aliphatic rings. The second kappa shape index (κ2) is 10.3. The van der Waals surface area contributed by atoms with Gasteiger partial charge in [0.15, 0.2) is 0 Å². The van der Waals surface area contributed by atoms with Crippen molar-refractivity contribution >= 4 is 11.1 Å². The summed E-state index contributed by atoms with van der Waals surface area (Å²) in [5.41, 5.74) is 3.13. The molecule has 4 nitrogen and oxygen atoms in total. The Morgan fingerprint density at radius 1 is 1.03 bits per heavy atom. The summed E-state index contributed by atoms with van der Waals surface area (Å²) in [6, 6.07) is 16.1. The number of likely N-dealkylation sites (tertiary alicyclic amines) is 1.